The zero-order chi connectivity index (χ0) is 14.5. The second-order valence-electron chi connectivity index (χ2n) is 4.63. The molecular formula is C13H20N2O3S. The molecule has 0 radical (unpaired) electrons. The van der Waals surface area contributed by atoms with Crippen LogP contribution in [0.15, 0.2) is 5.38 Å². The molecule has 0 saturated carbocycles. The fourth-order valence-electron chi connectivity index (χ4n) is 1.91. The van der Waals surface area contributed by atoms with E-state index >= 15 is 0 Å². The lowest BCUT2D eigenvalue weighted by Gasteiger charge is -2.25. The monoisotopic (exact) mass is 284 g/mol. The molecule has 6 heteroatoms. The standard InChI is InChI=1S/C13H20N2O3S/c1-4-13(5-2,12(17)18)6-10(16)14-7-11-15-9(3)8-19-11/h8H,4-7H2,1-3H3,(H,14,16)(H,17,18). The van der Waals surface area contributed by atoms with Gasteiger partial charge >= 0.3 is 5.97 Å². The van der Waals surface area contributed by atoms with Crippen LogP contribution in [-0.4, -0.2) is 22.0 Å². The SMILES string of the molecule is CCC(CC)(CC(=O)NCc1nc(C)cs1)C(=O)O. The van der Waals surface area contributed by atoms with Gasteiger partial charge in [-0.25, -0.2) is 4.98 Å². The lowest BCUT2D eigenvalue weighted by Crippen LogP contribution is -2.36. The molecule has 0 aliphatic heterocycles. The number of nitrogens with one attached hydrogen (secondary N) is 1. The molecule has 0 aliphatic carbocycles. The quantitative estimate of drug-likeness (QED) is 0.805. The van der Waals surface area contributed by atoms with Gasteiger partial charge in [-0.2, -0.15) is 0 Å². The van der Waals surface area contributed by atoms with Crippen LogP contribution in [0.3, 0.4) is 0 Å². The fourth-order valence-corrected chi connectivity index (χ4v) is 2.62. The van der Waals surface area contributed by atoms with Crippen LogP contribution in [0.1, 0.15) is 43.8 Å². The number of hydrogen-bond donors (Lipinski definition) is 2. The van der Waals surface area contributed by atoms with Crippen molar-refractivity contribution < 1.29 is 14.7 Å². The number of carboxylic acids is 1. The Balaban J connectivity index is 2.56. The maximum Gasteiger partial charge on any atom is 0.310 e. The second-order valence-corrected chi connectivity index (χ2v) is 5.57. The summed E-state index contributed by atoms with van der Waals surface area (Å²) in [6.07, 6.45) is 0.908. The van der Waals surface area contributed by atoms with Crippen molar-refractivity contribution in [3.63, 3.8) is 0 Å². The van der Waals surface area contributed by atoms with Gasteiger partial charge in [0.2, 0.25) is 5.91 Å². The molecule has 0 saturated heterocycles. The van der Waals surface area contributed by atoms with Gasteiger partial charge in [-0.15, -0.1) is 11.3 Å². The highest BCUT2D eigenvalue weighted by atomic mass is 32.1. The van der Waals surface area contributed by atoms with Crippen LogP contribution in [0.2, 0.25) is 0 Å². The third-order valence-corrected chi connectivity index (χ3v) is 4.38. The van der Waals surface area contributed by atoms with Gasteiger partial charge in [0.15, 0.2) is 0 Å². The van der Waals surface area contributed by atoms with Crippen molar-refractivity contribution in [3.8, 4) is 0 Å². The van der Waals surface area contributed by atoms with Crippen molar-refractivity contribution in [3.05, 3.63) is 16.1 Å². The van der Waals surface area contributed by atoms with E-state index in [4.69, 9.17) is 0 Å². The van der Waals surface area contributed by atoms with Gasteiger partial charge in [0.05, 0.1) is 12.0 Å². The summed E-state index contributed by atoms with van der Waals surface area (Å²) in [5.41, 5.74) is -0.0284. The van der Waals surface area contributed by atoms with E-state index in [0.29, 0.717) is 19.4 Å². The highest BCUT2D eigenvalue weighted by Crippen LogP contribution is 2.30. The lowest BCUT2D eigenvalue weighted by atomic mass is 9.79. The number of hydrogen-bond acceptors (Lipinski definition) is 4. The Morgan fingerprint density at radius 1 is 1.42 bits per heavy atom. The summed E-state index contributed by atoms with van der Waals surface area (Å²) < 4.78 is 0. The van der Waals surface area contributed by atoms with Crippen LogP contribution < -0.4 is 5.32 Å². The van der Waals surface area contributed by atoms with Crippen molar-refractivity contribution in [1.82, 2.24) is 10.3 Å². The van der Waals surface area contributed by atoms with E-state index in [-0.39, 0.29) is 12.3 Å². The molecule has 106 valence electrons. The number of aromatic nitrogens is 1. The molecule has 0 fully saturated rings. The Kier molecular flexibility index (Phi) is 5.47. The number of rotatable bonds is 7. The minimum Gasteiger partial charge on any atom is -0.481 e. The van der Waals surface area contributed by atoms with Gasteiger partial charge in [-0.1, -0.05) is 13.8 Å². The van der Waals surface area contributed by atoms with E-state index in [0.717, 1.165) is 10.7 Å². The number of amides is 1. The van der Waals surface area contributed by atoms with Crippen LogP contribution in [0.5, 0.6) is 0 Å². The van der Waals surface area contributed by atoms with E-state index in [1.54, 1.807) is 13.8 Å². The number of nitrogens with zero attached hydrogens (tertiary/aromatic N) is 1. The van der Waals surface area contributed by atoms with Crippen molar-refractivity contribution >= 4 is 23.2 Å². The summed E-state index contributed by atoms with van der Waals surface area (Å²) in [6, 6.07) is 0. The topological polar surface area (TPSA) is 79.3 Å². The molecule has 0 aliphatic rings. The fraction of sp³-hybridized carbons (Fsp3) is 0.615. The summed E-state index contributed by atoms with van der Waals surface area (Å²) in [5.74, 6) is -1.14. The highest BCUT2D eigenvalue weighted by molar-refractivity contribution is 7.09. The molecular weight excluding hydrogens is 264 g/mol. The number of carboxylic acid groups (broad SMARTS) is 1. The molecule has 1 rings (SSSR count). The van der Waals surface area contributed by atoms with Gasteiger partial charge < -0.3 is 10.4 Å². The molecule has 1 aromatic heterocycles. The van der Waals surface area contributed by atoms with Gasteiger partial charge in [0.25, 0.3) is 0 Å². The Morgan fingerprint density at radius 3 is 2.47 bits per heavy atom. The molecule has 0 atom stereocenters. The Morgan fingerprint density at radius 2 is 2.05 bits per heavy atom. The summed E-state index contributed by atoms with van der Waals surface area (Å²) >= 11 is 1.49. The van der Waals surface area contributed by atoms with Crippen LogP contribution in [0, 0.1) is 12.3 Å². The van der Waals surface area contributed by atoms with Crippen molar-refractivity contribution in [2.24, 2.45) is 5.41 Å². The summed E-state index contributed by atoms with van der Waals surface area (Å²) in [7, 11) is 0. The summed E-state index contributed by atoms with van der Waals surface area (Å²) in [5, 5.41) is 14.8. The predicted octanol–water partition coefficient (Wildman–Crippen LogP) is 2.35. The zero-order valence-electron chi connectivity index (χ0n) is 11.5. The van der Waals surface area contributed by atoms with Crippen LogP contribution >= 0.6 is 11.3 Å². The first kappa shape index (κ1) is 15.6. The maximum atomic E-state index is 11.9. The number of aliphatic carboxylic acids is 1. The van der Waals surface area contributed by atoms with Gasteiger partial charge in [0.1, 0.15) is 5.01 Å². The molecule has 0 spiro atoms. The molecule has 1 heterocycles. The van der Waals surface area contributed by atoms with E-state index in [1.807, 2.05) is 12.3 Å². The maximum absolute atomic E-state index is 11.9. The second kappa shape index (κ2) is 6.65. The first-order chi connectivity index (χ1) is 8.93. The Labute approximate surface area is 117 Å². The highest BCUT2D eigenvalue weighted by Gasteiger charge is 2.37. The summed E-state index contributed by atoms with van der Waals surface area (Å²) in [6.45, 7) is 5.86. The van der Waals surface area contributed by atoms with Crippen LogP contribution in [0.25, 0.3) is 0 Å². The molecule has 0 aromatic carbocycles. The molecule has 1 amide bonds. The number of aryl methyl sites for hydroxylation is 1. The predicted molar refractivity (Wildman–Crippen MR) is 74.0 cm³/mol. The third-order valence-electron chi connectivity index (χ3n) is 3.41. The van der Waals surface area contributed by atoms with Crippen molar-refractivity contribution in [1.29, 1.82) is 0 Å². The Hall–Kier alpha value is -1.43. The number of carbonyl (C=O) groups is 2. The molecule has 2 N–H and O–H groups in total. The van der Waals surface area contributed by atoms with Crippen molar-refractivity contribution in [2.45, 2.75) is 46.6 Å². The normalized spacial score (nSPS) is 11.3. The van der Waals surface area contributed by atoms with E-state index < -0.39 is 11.4 Å². The Bertz CT molecular complexity index is 452. The first-order valence-electron chi connectivity index (χ1n) is 6.34. The van der Waals surface area contributed by atoms with Gasteiger partial charge in [-0.3, -0.25) is 9.59 Å². The minimum absolute atomic E-state index is 0.0136. The van der Waals surface area contributed by atoms with E-state index in [2.05, 4.69) is 10.3 Å². The van der Waals surface area contributed by atoms with Crippen LogP contribution in [0.4, 0.5) is 0 Å². The molecule has 19 heavy (non-hydrogen) atoms. The zero-order valence-corrected chi connectivity index (χ0v) is 12.3. The number of carbonyl (C=O) groups excluding carboxylic acids is 1. The van der Waals surface area contributed by atoms with Gasteiger partial charge in [-0.05, 0) is 19.8 Å². The average Bonchev–Trinajstić information content (AvgIpc) is 2.79. The lowest BCUT2D eigenvalue weighted by molar-refractivity contribution is -0.152. The number of thiazole rings is 1. The van der Waals surface area contributed by atoms with E-state index in [9.17, 15) is 14.7 Å². The smallest absolute Gasteiger partial charge is 0.310 e. The average molecular weight is 284 g/mol. The first-order valence-corrected chi connectivity index (χ1v) is 7.22. The molecule has 1 aromatic rings. The minimum atomic E-state index is -0.955. The molecule has 0 unspecified atom stereocenters. The van der Waals surface area contributed by atoms with Crippen molar-refractivity contribution in [2.75, 3.05) is 0 Å². The van der Waals surface area contributed by atoms with Gasteiger partial charge in [0, 0.05) is 17.5 Å². The third kappa shape index (κ3) is 4.02. The molecule has 5 nitrogen and oxygen atoms in total. The molecule has 0 bridgehead atoms. The largest absolute Gasteiger partial charge is 0.481 e. The van der Waals surface area contributed by atoms with Crippen LogP contribution in [-0.2, 0) is 16.1 Å². The summed E-state index contributed by atoms with van der Waals surface area (Å²) in [4.78, 5) is 27.4. The van der Waals surface area contributed by atoms with E-state index in [1.165, 1.54) is 11.3 Å².